The zero-order valence-electron chi connectivity index (χ0n) is 10.4. The molecule has 0 unspecified atom stereocenters. The van der Waals surface area contributed by atoms with E-state index in [1.54, 1.807) is 0 Å². The topological polar surface area (TPSA) is 26.3 Å². The van der Waals surface area contributed by atoms with E-state index in [9.17, 15) is 4.79 Å². The molecule has 2 heteroatoms. The zero-order valence-corrected chi connectivity index (χ0v) is 10.4. The SMILES string of the molecule is CCOC1CC(CC(=O)Cc2ccccc2)C1. The summed E-state index contributed by atoms with van der Waals surface area (Å²) < 4.78 is 5.50. The van der Waals surface area contributed by atoms with Gasteiger partial charge in [0.05, 0.1) is 6.10 Å². The molecule has 0 amide bonds. The predicted octanol–water partition coefficient (Wildman–Crippen LogP) is 3.00. The lowest BCUT2D eigenvalue weighted by Crippen LogP contribution is -2.33. The van der Waals surface area contributed by atoms with E-state index < -0.39 is 0 Å². The fourth-order valence-electron chi connectivity index (χ4n) is 2.43. The van der Waals surface area contributed by atoms with Gasteiger partial charge in [-0.2, -0.15) is 0 Å². The molecule has 0 heterocycles. The average molecular weight is 232 g/mol. The summed E-state index contributed by atoms with van der Waals surface area (Å²) in [5, 5.41) is 0. The van der Waals surface area contributed by atoms with Crippen LogP contribution in [0.4, 0.5) is 0 Å². The Morgan fingerprint density at radius 3 is 2.65 bits per heavy atom. The molecule has 92 valence electrons. The lowest BCUT2D eigenvalue weighted by Gasteiger charge is -2.34. The van der Waals surface area contributed by atoms with Crippen LogP contribution in [0.2, 0.25) is 0 Å². The maximum absolute atomic E-state index is 11.8. The minimum Gasteiger partial charge on any atom is -0.378 e. The number of hydrogen-bond donors (Lipinski definition) is 0. The van der Waals surface area contributed by atoms with E-state index in [0.29, 0.717) is 24.2 Å². The molecular formula is C15H20O2. The highest BCUT2D eigenvalue weighted by atomic mass is 16.5. The summed E-state index contributed by atoms with van der Waals surface area (Å²) in [4.78, 5) is 11.8. The van der Waals surface area contributed by atoms with Crippen molar-refractivity contribution in [2.24, 2.45) is 5.92 Å². The molecule has 0 aliphatic heterocycles. The maximum atomic E-state index is 11.8. The Kier molecular flexibility index (Phi) is 4.32. The second-order valence-electron chi connectivity index (χ2n) is 4.82. The number of ketones is 1. The first kappa shape index (κ1) is 12.3. The van der Waals surface area contributed by atoms with Crippen molar-refractivity contribution in [3.8, 4) is 0 Å². The van der Waals surface area contributed by atoms with Crippen molar-refractivity contribution in [3.05, 3.63) is 35.9 Å². The Labute approximate surface area is 103 Å². The molecular weight excluding hydrogens is 212 g/mol. The van der Waals surface area contributed by atoms with E-state index in [1.165, 1.54) is 0 Å². The lowest BCUT2D eigenvalue weighted by molar-refractivity contribution is -0.121. The highest BCUT2D eigenvalue weighted by Gasteiger charge is 2.30. The van der Waals surface area contributed by atoms with Gasteiger partial charge in [0.2, 0.25) is 0 Å². The molecule has 1 aromatic rings. The quantitative estimate of drug-likeness (QED) is 0.753. The standard InChI is InChI=1S/C15H20O2/c1-2-17-15-10-13(11-15)9-14(16)8-12-6-4-3-5-7-12/h3-7,13,15H,2,8-11H2,1H3. The summed E-state index contributed by atoms with van der Waals surface area (Å²) in [6, 6.07) is 9.98. The molecule has 1 fully saturated rings. The van der Waals surface area contributed by atoms with Gasteiger partial charge in [0, 0.05) is 19.4 Å². The molecule has 1 aliphatic carbocycles. The Hall–Kier alpha value is -1.15. The van der Waals surface area contributed by atoms with Crippen LogP contribution in [0.25, 0.3) is 0 Å². The number of hydrogen-bond acceptors (Lipinski definition) is 2. The van der Waals surface area contributed by atoms with Crippen molar-refractivity contribution in [2.75, 3.05) is 6.61 Å². The fraction of sp³-hybridized carbons (Fsp3) is 0.533. The number of Topliss-reactive ketones (excluding diaryl/α,β-unsaturated/α-hetero) is 1. The van der Waals surface area contributed by atoms with Crippen molar-refractivity contribution in [2.45, 2.75) is 38.7 Å². The van der Waals surface area contributed by atoms with Crippen LogP contribution < -0.4 is 0 Å². The van der Waals surface area contributed by atoms with Crippen molar-refractivity contribution >= 4 is 5.78 Å². The third-order valence-corrected chi connectivity index (χ3v) is 3.36. The molecule has 1 aromatic carbocycles. The molecule has 1 aliphatic rings. The largest absolute Gasteiger partial charge is 0.378 e. The highest BCUT2D eigenvalue weighted by molar-refractivity contribution is 5.81. The van der Waals surface area contributed by atoms with Crippen LogP contribution in [0.1, 0.15) is 31.7 Å². The van der Waals surface area contributed by atoms with Gasteiger partial charge in [0.1, 0.15) is 5.78 Å². The van der Waals surface area contributed by atoms with Crippen LogP contribution in [-0.2, 0) is 16.0 Å². The van der Waals surface area contributed by atoms with Crippen LogP contribution in [0.5, 0.6) is 0 Å². The number of benzene rings is 1. The maximum Gasteiger partial charge on any atom is 0.137 e. The number of carbonyl (C=O) groups excluding carboxylic acids is 1. The number of ether oxygens (including phenoxy) is 1. The zero-order chi connectivity index (χ0) is 12.1. The molecule has 2 rings (SSSR count). The van der Waals surface area contributed by atoms with Gasteiger partial charge < -0.3 is 4.74 Å². The number of rotatable bonds is 6. The molecule has 2 nitrogen and oxygen atoms in total. The van der Waals surface area contributed by atoms with Crippen molar-refractivity contribution in [1.29, 1.82) is 0 Å². The van der Waals surface area contributed by atoms with Crippen LogP contribution in [0.3, 0.4) is 0 Å². The second kappa shape index (κ2) is 5.97. The average Bonchev–Trinajstić information content (AvgIpc) is 2.27. The van der Waals surface area contributed by atoms with Gasteiger partial charge in [-0.15, -0.1) is 0 Å². The first-order valence-electron chi connectivity index (χ1n) is 6.45. The van der Waals surface area contributed by atoms with Gasteiger partial charge >= 0.3 is 0 Å². The van der Waals surface area contributed by atoms with E-state index in [1.807, 2.05) is 37.3 Å². The van der Waals surface area contributed by atoms with Gasteiger partial charge in [-0.3, -0.25) is 4.79 Å². The van der Waals surface area contributed by atoms with Crippen LogP contribution in [0, 0.1) is 5.92 Å². The smallest absolute Gasteiger partial charge is 0.137 e. The first-order valence-corrected chi connectivity index (χ1v) is 6.45. The number of carbonyl (C=O) groups is 1. The fourth-order valence-corrected chi connectivity index (χ4v) is 2.43. The summed E-state index contributed by atoms with van der Waals surface area (Å²) in [6.07, 6.45) is 3.84. The molecule has 0 bridgehead atoms. The molecule has 0 aromatic heterocycles. The van der Waals surface area contributed by atoms with E-state index in [-0.39, 0.29) is 0 Å². The second-order valence-corrected chi connectivity index (χ2v) is 4.82. The van der Waals surface area contributed by atoms with Crippen LogP contribution >= 0.6 is 0 Å². The lowest BCUT2D eigenvalue weighted by atomic mass is 9.78. The Balaban J connectivity index is 1.69. The van der Waals surface area contributed by atoms with Crippen molar-refractivity contribution < 1.29 is 9.53 Å². The summed E-state index contributed by atoms with van der Waals surface area (Å²) in [6.45, 7) is 2.81. The molecule has 0 radical (unpaired) electrons. The summed E-state index contributed by atoms with van der Waals surface area (Å²) in [7, 11) is 0. The Morgan fingerprint density at radius 2 is 2.00 bits per heavy atom. The van der Waals surface area contributed by atoms with Crippen LogP contribution in [0.15, 0.2) is 30.3 Å². The third-order valence-electron chi connectivity index (χ3n) is 3.36. The normalized spacial score (nSPS) is 23.1. The first-order chi connectivity index (χ1) is 8.28. The van der Waals surface area contributed by atoms with E-state index in [4.69, 9.17) is 4.74 Å². The summed E-state index contributed by atoms with van der Waals surface area (Å²) in [5.41, 5.74) is 1.12. The van der Waals surface area contributed by atoms with E-state index in [0.717, 1.165) is 31.4 Å². The minimum absolute atomic E-state index is 0.358. The van der Waals surface area contributed by atoms with E-state index in [2.05, 4.69) is 0 Å². The van der Waals surface area contributed by atoms with Gasteiger partial charge in [0.25, 0.3) is 0 Å². The minimum atomic E-state index is 0.358. The molecule has 0 spiro atoms. The predicted molar refractivity (Wildman–Crippen MR) is 67.9 cm³/mol. The van der Waals surface area contributed by atoms with Gasteiger partial charge in [-0.05, 0) is 31.2 Å². The molecule has 17 heavy (non-hydrogen) atoms. The summed E-state index contributed by atoms with van der Waals surface area (Å²) in [5.74, 6) is 0.916. The van der Waals surface area contributed by atoms with Crippen molar-refractivity contribution in [3.63, 3.8) is 0 Å². The van der Waals surface area contributed by atoms with Gasteiger partial charge in [0.15, 0.2) is 0 Å². The molecule has 1 saturated carbocycles. The van der Waals surface area contributed by atoms with Gasteiger partial charge in [-0.25, -0.2) is 0 Å². The Morgan fingerprint density at radius 1 is 1.29 bits per heavy atom. The third kappa shape index (κ3) is 3.67. The highest BCUT2D eigenvalue weighted by Crippen LogP contribution is 2.33. The summed E-state index contributed by atoms with van der Waals surface area (Å²) >= 11 is 0. The molecule has 0 N–H and O–H groups in total. The Bertz CT molecular complexity index is 352. The monoisotopic (exact) mass is 232 g/mol. The van der Waals surface area contributed by atoms with Crippen LogP contribution in [-0.4, -0.2) is 18.5 Å². The molecule has 0 atom stereocenters. The van der Waals surface area contributed by atoms with Crippen molar-refractivity contribution in [1.82, 2.24) is 0 Å². The molecule has 0 saturated heterocycles. The van der Waals surface area contributed by atoms with E-state index >= 15 is 0 Å². The van der Waals surface area contributed by atoms with Gasteiger partial charge in [-0.1, -0.05) is 30.3 Å².